The van der Waals surface area contributed by atoms with Gasteiger partial charge in [-0.25, -0.2) is 4.79 Å². The molecule has 0 saturated carbocycles. The highest BCUT2D eigenvalue weighted by Gasteiger charge is 2.19. The molecule has 1 saturated heterocycles. The molecule has 2 rings (SSSR count). The number of nitrogens with zero attached hydrogens (tertiary/aromatic N) is 2. The van der Waals surface area contributed by atoms with Crippen molar-refractivity contribution >= 4 is 12.0 Å². The van der Waals surface area contributed by atoms with Gasteiger partial charge in [0.05, 0.1) is 5.92 Å². The molecule has 2 N–H and O–H groups in total. The van der Waals surface area contributed by atoms with Crippen molar-refractivity contribution in [3.8, 4) is 0 Å². The Bertz CT molecular complexity index is 600. The molecule has 28 heavy (non-hydrogen) atoms. The van der Waals surface area contributed by atoms with Crippen LogP contribution in [0.4, 0.5) is 4.79 Å². The van der Waals surface area contributed by atoms with Crippen LogP contribution in [0.2, 0.25) is 0 Å². The lowest BCUT2D eigenvalue weighted by molar-refractivity contribution is -0.141. The summed E-state index contributed by atoms with van der Waals surface area (Å²) in [6.45, 7) is 5.88. The van der Waals surface area contributed by atoms with E-state index in [2.05, 4.69) is 40.5 Å². The van der Waals surface area contributed by atoms with Crippen LogP contribution in [0.1, 0.15) is 38.2 Å². The Labute approximate surface area is 168 Å². The van der Waals surface area contributed by atoms with E-state index in [4.69, 9.17) is 5.11 Å². The molecular weight excluding hydrogens is 354 g/mol. The molecule has 6 heteroatoms. The van der Waals surface area contributed by atoms with Gasteiger partial charge in [0.2, 0.25) is 0 Å². The van der Waals surface area contributed by atoms with Crippen LogP contribution in [0.5, 0.6) is 0 Å². The summed E-state index contributed by atoms with van der Waals surface area (Å²) in [5.74, 6) is -0.644. The highest BCUT2D eigenvalue weighted by Crippen LogP contribution is 2.21. The highest BCUT2D eigenvalue weighted by molar-refractivity contribution is 5.75. The lowest BCUT2D eigenvalue weighted by Crippen LogP contribution is -2.41. The fourth-order valence-corrected chi connectivity index (χ4v) is 3.72. The third-order valence-corrected chi connectivity index (χ3v) is 5.57. The summed E-state index contributed by atoms with van der Waals surface area (Å²) in [4.78, 5) is 26.8. The molecule has 0 aromatic heterocycles. The number of nitrogens with one attached hydrogen (secondary N) is 1. The van der Waals surface area contributed by atoms with Gasteiger partial charge in [-0.05, 0) is 63.2 Å². The first-order chi connectivity index (χ1) is 13.5. The average molecular weight is 390 g/mol. The fraction of sp³-hybridized carbons (Fsp3) is 0.636. The molecule has 6 nitrogen and oxygen atoms in total. The van der Waals surface area contributed by atoms with E-state index in [0.717, 1.165) is 25.3 Å². The molecule has 1 aliphatic rings. The molecule has 0 radical (unpaired) electrons. The second kappa shape index (κ2) is 11.7. The molecule has 0 spiro atoms. The van der Waals surface area contributed by atoms with E-state index in [-0.39, 0.29) is 12.6 Å². The lowest BCUT2D eigenvalue weighted by atomic mass is 9.90. The zero-order valence-electron chi connectivity index (χ0n) is 17.3. The van der Waals surface area contributed by atoms with Gasteiger partial charge < -0.3 is 20.2 Å². The number of carboxylic acid groups (broad SMARTS) is 1. The van der Waals surface area contributed by atoms with Crippen molar-refractivity contribution in [2.75, 3.05) is 39.8 Å². The van der Waals surface area contributed by atoms with Crippen LogP contribution >= 0.6 is 0 Å². The molecular formula is C22H35N3O3. The Kier molecular flexibility index (Phi) is 9.28. The second-order valence-corrected chi connectivity index (χ2v) is 8.03. The van der Waals surface area contributed by atoms with Gasteiger partial charge in [-0.15, -0.1) is 0 Å². The first kappa shape index (κ1) is 22.2. The number of carbonyl (C=O) groups excluding carboxylic acids is 1. The molecule has 1 heterocycles. The van der Waals surface area contributed by atoms with Crippen LogP contribution in [0.25, 0.3) is 0 Å². The molecule has 0 aliphatic carbocycles. The maximum absolute atomic E-state index is 12.0. The van der Waals surface area contributed by atoms with Gasteiger partial charge in [0.15, 0.2) is 0 Å². The quantitative estimate of drug-likeness (QED) is 0.603. The number of hydrogen-bond acceptors (Lipinski definition) is 3. The summed E-state index contributed by atoms with van der Waals surface area (Å²) in [6.07, 6.45) is 5.72. The van der Waals surface area contributed by atoms with Gasteiger partial charge >= 0.3 is 12.0 Å². The minimum atomic E-state index is -0.882. The third kappa shape index (κ3) is 7.89. The largest absolute Gasteiger partial charge is 0.481 e. The van der Waals surface area contributed by atoms with Gasteiger partial charge in [0.25, 0.3) is 0 Å². The van der Waals surface area contributed by atoms with E-state index >= 15 is 0 Å². The van der Waals surface area contributed by atoms with Crippen molar-refractivity contribution in [1.82, 2.24) is 15.1 Å². The zero-order chi connectivity index (χ0) is 20.4. The number of carbonyl (C=O) groups is 2. The average Bonchev–Trinajstić information content (AvgIpc) is 2.69. The molecule has 1 aromatic rings. The van der Waals surface area contributed by atoms with Crippen LogP contribution in [0, 0.1) is 11.8 Å². The first-order valence-electron chi connectivity index (χ1n) is 10.4. The molecule has 156 valence electrons. The maximum Gasteiger partial charge on any atom is 0.317 e. The summed E-state index contributed by atoms with van der Waals surface area (Å²) in [5, 5.41) is 11.8. The highest BCUT2D eigenvalue weighted by atomic mass is 16.4. The fourth-order valence-electron chi connectivity index (χ4n) is 3.72. The van der Waals surface area contributed by atoms with E-state index in [1.807, 2.05) is 0 Å². The Morgan fingerprint density at radius 2 is 1.89 bits per heavy atom. The Balaban J connectivity index is 1.52. The number of unbranched alkanes of at least 4 members (excludes halogenated alkanes) is 1. The monoisotopic (exact) mass is 389 g/mol. The predicted octanol–water partition coefficient (Wildman–Crippen LogP) is 3.08. The number of amides is 2. The number of benzene rings is 1. The molecule has 1 aromatic carbocycles. The minimum Gasteiger partial charge on any atom is -0.481 e. The summed E-state index contributed by atoms with van der Waals surface area (Å²) < 4.78 is 0. The van der Waals surface area contributed by atoms with E-state index in [9.17, 15) is 9.59 Å². The van der Waals surface area contributed by atoms with Gasteiger partial charge in [-0.3, -0.25) is 4.79 Å². The van der Waals surface area contributed by atoms with Crippen LogP contribution < -0.4 is 5.32 Å². The van der Waals surface area contributed by atoms with E-state index < -0.39 is 11.9 Å². The van der Waals surface area contributed by atoms with E-state index in [1.54, 1.807) is 14.0 Å². The van der Waals surface area contributed by atoms with E-state index in [0.29, 0.717) is 6.54 Å². The zero-order valence-corrected chi connectivity index (χ0v) is 17.3. The lowest BCUT2D eigenvalue weighted by Gasteiger charge is -2.32. The van der Waals surface area contributed by atoms with Crippen molar-refractivity contribution in [2.45, 2.75) is 39.0 Å². The number of carboxylic acids is 1. The van der Waals surface area contributed by atoms with Crippen LogP contribution in [0.15, 0.2) is 30.3 Å². The summed E-state index contributed by atoms with van der Waals surface area (Å²) in [6, 6.07) is 10.6. The third-order valence-electron chi connectivity index (χ3n) is 5.57. The van der Waals surface area contributed by atoms with Gasteiger partial charge in [0, 0.05) is 20.1 Å². The number of urea groups is 1. The molecule has 1 aliphatic heterocycles. The van der Waals surface area contributed by atoms with Crippen molar-refractivity contribution in [1.29, 1.82) is 0 Å². The Morgan fingerprint density at radius 3 is 2.54 bits per heavy atom. The SMILES string of the molecule is CC(CN(C)C(=O)NCCCCN1CCC(Cc2ccccc2)CC1)C(=O)O. The normalized spacial score (nSPS) is 16.5. The predicted molar refractivity (Wildman–Crippen MR) is 111 cm³/mol. The molecule has 2 amide bonds. The topological polar surface area (TPSA) is 72.9 Å². The molecule has 0 bridgehead atoms. The van der Waals surface area contributed by atoms with Gasteiger partial charge in [-0.2, -0.15) is 0 Å². The number of piperidine rings is 1. The number of hydrogen-bond donors (Lipinski definition) is 2. The van der Waals surface area contributed by atoms with Crippen molar-refractivity contribution in [3.05, 3.63) is 35.9 Å². The van der Waals surface area contributed by atoms with Crippen molar-refractivity contribution in [3.63, 3.8) is 0 Å². The standard InChI is InChI=1S/C22H35N3O3/c1-18(21(26)27)17-24(2)22(28)23-12-6-7-13-25-14-10-20(11-15-25)16-19-8-4-3-5-9-19/h3-5,8-9,18,20H,6-7,10-17H2,1-2H3,(H,23,28)(H,26,27). The second-order valence-electron chi connectivity index (χ2n) is 8.03. The summed E-state index contributed by atoms with van der Waals surface area (Å²) >= 11 is 0. The van der Waals surface area contributed by atoms with Crippen LogP contribution in [-0.4, -0.2) is 66.7 Å². The number of aliphatic carboxylic acids is 1. The Hall–Kier alpha value is -2.08. The maximum atomic E-state index is 12.0. The van der Waals surface area contributed by atoms with Gasteiger partial charge in [0.1, 0.15) is 0 Å². The van der Waals surface area contributed by atoms with Crippen molar-refractivity contribution in [2.24, 2.45) is 11.8 Å². The summed E-state index contributed by atoms with van der Waals surface area (Å²) in [7, 11) is 1.63. The van der Waals surface area contributed by atoms with Crippen LogP contribution in [-0.2, 0) is 11.2 Å². The van der Waals surface area contributed by atoms with Crippen molar-refractivity contribution < 1.29 is 14.7 Å². The molecule has 1 atom stereocenters. The summed E-state index contributed by atoms with van der Waals surface area (Å²) in [5.41, 5.74) is 1.44. The first-order valence-corrected chi connectivity index (χ1v) is 10.4. The van der Waals surface area contributed by atoms with E-state index in [1.165, 1.54) is 42.8 Å². The van der Waals surface area contributed by atoms with Gasteiger partial charge in [-0.1, -0.05) is 37.3 Å². The molecule has 1 fully saturated rings. The Morgan fingerprint density at radius 1 is 1.21 bits per heavy atom. The minimum absolute atomic E-state index is 0.199. The molecule has 1 unspecified atom stereocenters. The van der Waals surface area contributed by atoms with Crippen LogP contribution in [0.3, 0.4) is 0 Å². The smallest absolute Gasteiger partial charge is 0.317 e. The number of likely N-dealkylation sites (tertiary alicyclic amines) is 1. The number of rotatable bonds is 10.